The first kappa shape index (κ1) is 12.8. The van der Waals surface area contributed by atoms with Crippen LogP contribution >= 0.6 is 12.2 Å². The summed E-state index contributed by atoms with van der Waals surface area (Å²) in [5, 5.41) is 7.93. The zero-order valence-corrected chi connectivity index (χ0v) is 11.1. The Hall–Kier alpha value is -1.68. The third kappa shape index (κ3) is 3.17. The minimum absolute atomic E-state index is 0.533. The summed E-state index contributed by atoms with van der Waals surface area (Å²) in [7, 11) is 0. The van der Waals surface area contributed by atoms with Gasteiger partial charge in [-0.1, -0.05) is 30.3 Å². The Morgan fingerprint density at radius 3 is 3.06 bits per heavy atom. The third-order valence-electron chi connectivity index (χ3n) is 2.89. The zero-order chi connectivity index (χ0) is 12.8. The molecule has 0 aliphatic heterocycles. The molecule has 1 aromatic rings. The van der Waals surface area contributed by atoms with Crippen LogP contribution in [-0.4, -0.2) is 17.4 Å². The van der Waals surface area contributed by atoms with Crippen LogP contribution in [0.15, 0.2) is 42.0 Å². The van der Waals surface area contributed by atoms with Gasteiger partial charge < -0.3 is 5.32 Å². The van der Waals surface area contributed by atoms with E-state index < -0.39 is 0 Å². The minimum atomic E-state index is 0.533. The number of nitrogens with zero attached hydrogens (tertiary/aromatic N) is 1. The molecule has 1 aliphatic carbocycles. The van der Waals surface area contributed by atoms with Gasteiger partial charge in [-0.15, -0.1) is 6.58 Å². The summed E-state index contributed by atoms with van der Waals surface area (Å²) >= 11 is 5.11. The monoisotopic (exact) mass is 259 g/mol. The van der Waals surface area contributed by atoms with Gasteiger partial charge in [-0.3, -0.25) is 5.43 Å². The third-order valence-corrected chi connectivity index (χ3v) is 3.12. The largest absolute Gasteiger partial charge is 0.358 e. The van der Waals surface area contributed by atoms with E-state index in [0.29, 0.717) is 11.7 Å². The van der Waals surface area contributed by atoms with E-state index in [1.54, 1.807) is 6.08 Å². The van der Waals surface area contributed by atoms with Crippen molar-refractivity contribution in [2.24, 2.45) is 5.10 Å². The number of thiocarbonyl (C=S) groups is 1. The Morgan fingerprint density at radius 1 is 1.39 bits per heavy atom. The molecule has 0 aromatic heterocycles. The van der Waals surface area contributed by atoms with Crippen LogP contribution in [-0.2, 0) is 6.42 Å². The Kier molecular flexibility index (Phi) is 4.47. The first-order valence-corrected chi connectivity index (χ1v) is 6.51. The highest BCUT2D eigenvalue weighted by Crippen LogP contribution is 2.20. The van der Waals surface area contributed by atoms with Gasteiger partial charge in [0.25, 0.3) is 0 Å². The molecule has 0 fully saturated rings. The molecule has 0 bridgehead atoms. The number of fused-ring (bicyclic) bond motifs is 1. The fourth-order valence-electron chi connectivity index (χ4n) is 2.04. The fourth-order valence-corrected chi connectivity index (χ4v) is 2.17. The molecule has 94 valence electrons. The maximum atomic E-state index is 5.11. The quantitative estimate of drug-likeness (QED) is 0.497. The summed E-state index contributed by atoms with van der Waals surface area (Å²) in [6.45, 7) is 4.27. The van der Waals surface area contributed by atoms with E-state index >= 15 is 0 Å². The molecule has 2 rings (SSSR count). The lowest BCUT2D eigenvalue weighted by Crippen LogP contribution is -2.33. The van der Waals surface area contributed by atoms with E-state index in [0.717, 1.165) is 25.0 Å². The normalized spacial score (nSPS) is 15.9. The molecule has 1 aliphatic rings. The summed E-state index contributed by atoms with van der Waals surface area (Å²) in [5.41, 5.74) is 6.58. The molecule has 0 saturated carbocycles. The second-order valence-corrected chi connectivity index (χ2v) is 4.59. The maximum absolute atomic E-state index is 5.11. The van der Waals surface area contributed by atoms with Crippen LogP contribution in [0.1, 0.15) is 24.0 Å². The Balaban J connectivity index is 2.06. The summed E-state index contributed by atoms with van der Waals surface area (Å²) in [5.74, 6) is 0. The summed E-state index contributed by atoms with van der Waals surface area (Å²) < 4.78 is 0. The molecule has 2 N–H and O–H groups in total. The predicted octanol–water partition coefficient (Wildman–Crippen LogP) is 2.38. The molecule has 3 nitrogen and oxygen atoms in total. The van der Waals surface area contributed by atoms with Gasteiger partial charge in [-0.25, -0.2) is 0 Å². The average molecular weight is 259 g/mol. The van der Waals surface area contributed by atoms with Crippen LogP contribution in [0.2, 0.25) is 0 Å². The summed E-state index contributed by atoms with van der Waals surface area (Å²) in [6, 6.07) is 8.41. The molecule has 4 heteroatoms. The number of rotatable bonds is 3. The van der Waals surface area contributed by atoms with Crippen LogP contribution < -0.4 is 10.7 Å². The van der Waals surface area contributed by atoms with Crippen LogP contribution in [0.25, 0.3) is 0 Å². The molecule has 0 radical (unpaired) electrons. The molecule has 0 atom stereocenters. The van der Waals surface area contributed by atoms with Crippen molar-refractivity contribution >= 4 is 23.0 Å². The lowest BCUT2D eigenvalue weighted by Gasteiger charge is -2.17. The fraction of sp³-hybridized carbons (Fsp3) is 0.286. The lowest BCUT2D eigenvalue weighted by atomic mass is 9.90. The van der Waals surface area contributed by atoms with Crippen molar-refractivity contribution < 1.29 is 0 Å². The molecular formula is C14H17N3S. The molecule has 0 amide bonds. The van der Waals surface area contributed by atoms with Gasteiger partial charge in [0, 0.05) is 12.1 Å². The van der Waals surface area contributed by atoms with E-state index in [9.17, 15) is 0 Å². The number of hydrogen-bond acceptors (Lipinski definition) is 2. The number of benzene rings is 1. The number of hydrogen-bond donors (Lipinski definition) is 2. The SMILES string of the molecule is C=CCNC(=S)N/N=C1/CCCc2ccccc21. The van der Waals surface area contributed by atoms with Gasteiger partial charge in [0.05, 0.1) is 5.71 Å². The van der Waals surface area contributed by atoms with Crippen LogP contribution in [0.3, 0.4) is 0 Å². The minimum Gasteiger partial charge on any atom is -0.358 e. The van der Waals surface area contributed by atoms with Crippen LogP contribution in [0, 0.1) is 0 Å². The molecule has 0 saturated heterocycles. The smallest absolute Gasteiger partial charge is 0.187 e. The summed E-state index contributed by atoms with van der Waals surface area (Å²) in [6.07, 6.45) is 5.03. The summed E-state index contributed by atoms with van der Waals surface area (Å²) in [4.78, 5) is 0. The van der Waals surface area contributed by atoms with Crippen molar-refractivity contribution in [2.45, 2.75) is 19.3 Å². The van der Waals surface area contributed by atoms with Gasteiger partial charge in [0.2, 0.25) is 0 Å². The highest BCUT2D eigenvalue weighted by atomic mass is 32.1. The second-order valence-electron chi connectivity index (χ2n) is 4.18. The number of nitrogens with one attached hydrogen (secondary N) is 2. The standard InChI is InChI=1S/C14H17N3S/c1-2-10-15-14(18)17-16-13-9-5-7-11-6-3-4-8-12(11)13/h2-4,6,8H,1,5,7,9-10H2,(H2,15,17,18)/b16-13-. The highest BCUT2D eigenvalue weighted by Gasteiger charge is 2.14. The van der Waals surface area contributed by atoms with Crippen LogP contribution in [0.5, 0.6) is 0 Å². The van der Waals surface area contributed by atoms with Crippen molar-refractivity contribution in [1.29, 1.82) is 0 Å². The Labute approximate surface area is 113 Å². The van der Waals surface area contributed by atoms with E-state index in [1.807, 2.05) is 6.07 Å². The first-order valence-electron chi connectivity index (χ1n) is 6.11. The number of aryl methyl sites for hydroxylation is 1. The van der Waals surface area contributed by atoms with Gasteiger partial charge in [-0.05, 0) is 37.0 Å². The van der Waals surface area contributed by atoms with Crippen molar-refractivity contribution in [3.8, 4) is 0 Å². The van der Waals surface area contributed by atoms with Gasteiger partial charge in [0.1, 0.15) is 0 Å². The Bertz CT molecular complexity index is 480. The van der Waals surface area contributed by atoms with Crippen molar-refractivity contribution in [3.63, 3.8) is 0 Å². The highest BCUT2D eigenvalue weighted by molar-refractivity contribution is 7.80. The average Bonchev–Trinajstić information content (AvgIpc) is 2.42. The molecular weight excluding hydrogens is 242 g/mol. The molecule has 18 heavy (non-hydrogen) atoms. The van der Waals surface area contributed by atoms with E-state index in [1.165, 1.54) is 11.1 Å². The van der Waals surface area contributed by atoms with Crippen molar-refractivity contribution in [2.75, 3.05) is 6.54 Å². The second kappa shape index (κ2) is 6.31. The topological polar surface area (TPSA) is 36.4 Å². The molecule has 0 spiro atoms. The molecule has 0 unspecified atom stereocenters. The van der Waals surface area contributed by atoms with Gasteiger partial charge >= 0.3 is 0 Å². The van der Waals surface area contributed by atoms with Gasteiger partial charge in [-0.2, -0.15) is 5.10 Å². The van der Waals surface area contributed by atoms with E-state index in [-0.39, 0.29) is 0 Å². The number of hydrazone groups is 1. The molecule has 1 aromatic carbocycles. The van der Waals surface area contributed by atoms with E-state index in [4.69, 9.17) is 12.2 Å². The first-order chi connectivity index (χ1) is 8.81. The van der Waals surface area contributed by atoms with E-state index in [2.05, 4.69) is 40.6 Å². The molecule has 0 heterocycles. The maximum Gasteiger partial charge on any atom is 0.187 e. The van der Waals surface area contributed by atoms with Crippen molar-refractivity contribution in [3.05, 3.63) is 48.0 Å². The lowest BCUT2D eigenvalue weighted by molar-refractivity contribution is 0.824. The zero-order valence-electron chi connectivity index (χ0n) is 10.3. The van der Waals surface area contributed by atoms with Gasteiger partial charge in [0.15, 0.2) is 5.11 Å². The predicted molar refractivity (Wildman–Crippen MR) is 79.9 cm³/mol. The van der Waals surface area contributed by atoms with Crippen molar-refractivity contribution in [1.82, 2.24) is 10.7 Å². The Morgan fingerprint density at radius 2 is 2.22 bits per heavy atom. The van der Waals surface area contributed by atoms with Crippen LogP contribution in [0.4, 0.5) is 0 Å².